The van der Waals surface area contributed by atoms with Crippen LogP contribution in [0.2, 0.25) is 0 Å². The molecule has 0 N–H and O–H groups in total. The monoisotopic (exact) mass is 395 g/mol. The number of benzene rings is 2. The van der Waals surface area contributed by atoms with Crippen molar-refractivity contribution in [2.75, 3.05) is 13.7 Å². The van der Waals surface area contributed by atoms with Crippen LogP contribution in [0.4, 0.5) is 4.39 Å². The van der Waals surface area contributed by atoms with Crippen LogP contribution in [0.5, 0.6) is 11.5 Å². The first-order valence-corrected chi connectivity index (χ1v) is 8.59. The predicted octanol–water partition coefficient (Wildman–Crippen LogP) is 3.92. The van der Waals surface area contributed by atoms with Crippen molar-refractivity contribution in [2.45, 2.75) is 6.92 Å². The average Bonchev–Trinajstić information content (AvgIpc) is 2.72. The van der Waals surface area contributed by atoms with E-state index in [1.807, 2.05) is 0 Å². The third-order valence-electron chi connectivity index (χ3n) is 3.61. The van der Waals surface area contributed by atoms with Crippen molar-refractivity contribution in [3.05, 3.63) is 71.1 Å². The van der Waals surface area contributed by atoms with Crippen molar-refractivity contribution in [2.24, 2.45) is 0 Å². The molecule has 0 spiro atoms. The highest BCUT2D eigenvalue weighted by molar-refractivity contribution is 5.98. The molecule has 0 aliphatic heterocycles. The van der Waals surface area contributed by atoms with Crippen LogP contribution < -0.4 is 9.47 Å². The first-order chi connectivity index (χ1) is 14.0. The summed E-state index contributed by atoms with van der Waals surface area (Å²) in [5.74, 6) is -1.35. The normalized spacial score (nSPS) is 11.0. The van der Waals surface area contributed by atoms with E-state index in [0.29, 0.717) is 11.1 Å². The van der Waals surface area contributed by atoms with Gasteiger partial charge < -0.3 is 14.2 Å². The molecule has 0 atom stereocenters. The molecule has 0 saturated heterocycles. The Morgan fingerprint density at radius 3 is 2.41 bits per heavy atom. The third kappa shape index (κ3) is 6.33. The van der Waals surface area contributed by atoms with Gasteiger partial charge in [-0.2, -0.15) is 5.26 Å². The highest BCUT2D eigenvalue weighted by Gasteiger charge is 2.12. The maximum atomic E-state index is 12.9. The van der Waals surface area contributed by atoms with Crippen LogP contribution in [0.15, 0.2) is 54.1 Å². The molecule has 2 rings (SSSR count). The molecule has 0 radical (unpaired) electrons. The number of halogens is 1. The molecule has 6 nitrogen and oxygen atoms in total. The van der Waals surface area contributed by atoms with Crippen LogP contribution in [-0.4, -0.2) is 25.7 Å². The molecular formula is C22H18FNO5. The lowest BCUT2D eigenvalue weighted by Gasteiger charge is -2.09. The summed E-state index contributed by atoms with van der Waals surface area (Å²) in [4.78, 5) is 23.7. The zero-order valence-electron chi connectivity index (χ0n) is 15.8. The number of methoxy groups -OCH3 is 1. The molecule has 7 heteroatoms. The van der Waals surface area contributed by atoms with Gasteiger partial charge in [-0.3, -0.25) is 0 Å². The molecule has 0 aliphatic rings. The molecule has 0 bridgehead atoms. The second-order valence-electron chi connectivity index (χ2n) is 5.61. The molecule has 0 fully saturated rings. The van der Waals surface area contributed by atoms with E-state index in [0.717, 1.165) is 0 Å². The van der Waals surface area contributed by atoms with Gasteiger partial charge in [-0.25, -0.2) is 14.0 Å². The Morgan fingerprint density at radius 2 is 1.79 bits per heavy atom. The van der Waals surface area contributed by atoms with Gasteiger partial charge in [0.05, 0.1) is 13.7 Å². The smallest absolute Gasteiger partial charge is 0.348 e. The molecule has 29 heavy (non-hydrogen) atoms. The van der Waals surface area contributed by atoms with Crippen LogP contribution in [0, 0.1) is 17.1 Å². The van der Waals surface area contributed by atoms with E-state index in [1.165, 1.54) is 61.7 Å². The lowest BCUT2D eigenvalue weighted by Crippen LogP contribution is -2.06. The lowest BCUT2D eigenvalue weighted by molar-refractivity contribution is -0.138. The van der Waals surface area contributed by atoms with Crippen molar-refractivity contribution in [1.29, 1.82) is 5.26 Å². The van der Waals surface area contributed by atoms with Gasteiger partial charge in [0.25, 0.3) is 0 Å². The van der Waals surface area contributed by atoms with E-state index >= 15 is 0 Å². The molecule has 0 aromatic heterocycles. The number of nitrogens with zero attached hydrogens (tertiary/aromatic N) is 1. The van der Waals surface area contributed by atoms with E-state index in [1.54, 1.807) is 19.1 Å². The van der Waals surface area contributed by atoms with Gasteiger partial charge in [-0.05, 0) is 54.5 Å². The van der Waals surface area contributed by atoms with Crippen molar-refractivity contribution >= 4 is 24.1 Å². The minimum absolute atomic E-state index is 0.154. The first-order valence-electron chi connectivity index (χ1n) is 8.59. The summed E-state index contributed by atoms with van der Waals surface area (Å²) in [7, 11) is 1.39. The van der Waals surface area contributed by atoms with E-state index in [2.05, 4.69) is 0 Å². The largest absolute Gasteiger partial charge is 0.493 e. The molecule has 148 valence electrons. The van der Waals surface area contributed by atoms with E-state index < -0.39 is 11.9 Å². The number of rotatable bonds is 7. The molecule has 0 amide bonds. The van der Waals surface area contributed by atoms with Crippen LogP contribution in [0.3, 0.4) is 0 Å². The minimum Gasteiger partial charge on any atom is -0.493 e. The van der Waals surface area contributed by atoms with Crippen LogP contribution in [0.25, 0.3) is 12.2 Å². The second-order valence-corrected chi connectivity index (χ2v) is 5.61. The van der Waals surface area contributed by atoms with Crippen LogP contribution >= 0.6 is 0 Å². The van der Waals surface area contributed by atoms with Gasteiger partial charge in [-0.1, -0.05) is 18.2 Å². The minimum atomic E-state index is -0.726. The van der Waals surface area contributed by atoms with E-state index in [4.69, 9.17) is 19.5 Å². The summed E-state index contributed by atoms with van der Waals surface area (Å²) in [5.41, 5.74) is 0.966. The quantitative estimate of drug-likeness (QED) is 0.306. The third-order valence-corrected chi connectivity index (χ3v) is 3.61. The number of esters is 2. The summed E-state index contributed by atoms with van der Waals surface area (Å²) >= 11 is 0. The molecule has 0 aliphatic carbocycles. The van der Waals surface area contributed by atoms with Crippen molar-refractivity contribution in [3.8, 4) is 17.6 Å². The Bertz CT molecular complexity index is 987. The molecule has 0 heterocycles. The maximum absolute atomic E-state index is 12.9. The summed E-state index contributed by atoms with van der Waals surface area (Å²) in [6.45, 7) is 1.80. The Labute approximate surface area is 167 Å². The van der Waals surface area contributed by atoms with Crippen LogP contribution in [-0.2, 0) is 14.3 Å². The maximum Gasteiger partial charge on any atom is 0.348 e. The Balaban J connectivity index is 2.15. The molecule has 2 aromatic rings. The number of hydrogen-bond donors (Lipinski definition) is 0. The number of carbonyl (C=O) groups is 2. The first kappa shape index (κ1) is 21.4. The average molecular weight is 395 g/mol. The van der Waals surface area contributed by atoms with Gasteiger partial charge in [-0.15, -0.1) is 0 Å². The molecule has 2 aromatic carbocycles. The molecular weight excluding hydrogens is 377 g/mol. The number of carbonyl (C=O) groups excluding carboxylic acids is 2. The Hall–Kier alpha value is -3.92. The highest BCUT2D eigenvalue weighted by atomic mass is 19.1. The van der Waals surface area contributed by atoms with Gasteiger partial charge in [0, 0.05) is 6.08 Å². The number of ether oxygens (including phenoxy) is 3. The lowest BCUT2D eigenvalue weighted by atomic mass is 10.1. The summed E-state index contributed by atoms with van der Waals surface area (Å²) in [6, 6.07) is 12.0. The van der Waals surface area contributed by atoms with Crippen LogP contribution in [0.1, 0.15) is 18.1 Å². The fourth-order valence-corrected chi connectivity index (χ4v) is 2.25. The highest BCUT2D eigenvalue weighted by Crippen LogP contribution is 2.29. The zero-order valence-corrected chi connectivity index (χ0v) is 15.8. The van der Waals surface area contributed by atoms with Gasteiger partial charge >= 0.3 is 11.9 Å². The van der Waals surface area contributed by atoms with E-state index in [-0.39, 0.29) is 29.5 Å². The van der Waals surface area contributed by atoms with E-state index in [9.17, 15) is 14.0 Å². The van der Waals surface area contributed by atoms with Crippen molar-refractivity contribution in [1.82, 2.24) is 0 Å². The Kier molecular flexibility index (Phi) is 7.68. The van der Waals surface area contributed by atoms with Gasteiger partial charge in [0.2, 0.25) is 0 Å². The fourth-order valence-electron chi connectivity index (χ4n) is 2.25. The van der Waals surface area contributed by atoms with Gasteiger partial charge in [0.15, 0.2) is 11.5 Å². The summed E-state index contributed by atoms with van der Waals surface area (Å²) < 4.78 is 28.2. The van der Waals surface area contributed by atoms with Gasteiger partial charge in [0.1, 0.15) is 17.5 Å². The second kappa shape index (κ2) is 10.4. The predicted molar refractivity (Wildman–Crippen MR) is 104 cm³/mol. The SMILES string of the molecule is CCOC(=O)/C(C#N)=C/c1ccc(OC(=O)/C=C/c2ccc(F)cc2)c(OC)c1. The van der Waals surface area contributed by atoms with Crippen molar-refractivity contribution in [3.63, 3.8) is 0 Å². The Morgan fingerprint density at radius 1 is 1.10 bits per heavy atom. The topological polar surface area (TPSA) is 85.6 Å². The standard InChI is InChI=1S/C22H18FNO5/c1-3-28-22(26)17(14-24)12-16-6-10-19(20(13-16)27-2)29-21(25)11-7-15-4-8-18(23)9-5-15/h4-13H,3H2,1-2H3/b11-7+,17-12+. The summed E-state index contributed by atoms with van der Waals surface area (Å²) in [5, 5.41) is 9.10. The molecule has 0 unspecified atom stereocenters. The fraction of sp³-hybridized carbons (Fsp3) is 0.136. The number of nitriles is 1. The zero-order chi connectivity index (χ0) is 21.2. The number of hydrogen-bond acceptors (Lipinski definition) is 6. The van der Waals surface area contributed by atoms with Crippen molar-refractivity contribution < 1.29 is 28.2 Å². The summed E-state index contributed by atoms with van der Waals surface area (Å²) in [6.07, 6.45) is 4.04. The molecule has 0 saturated carbocycles.